The van der Waals surface area contributed by atoms with Gasteiger partial charge in [-0.1, -0.05) is 24.3 Å². The number of hydrogen-bond donors (Lipinski definition) is 0. The van der Waals surface area contributed by atoms with Gasteiger partial charge in [0.1, 0.15) is 17.0 Å². The lowest BCUT2D eigenvalue weighted by Gasteiger charge is -2.25. The number of alkyl halides is 1. The summed E-state index contributed by atoms with van der Waals surface area (Å²) in [7, 11) is 1.66. The highest BCUT2D eigenvalue weighted by atomic mass is 19.1. The van der Waals surface area contributed by atoms with Crippen molar-refractivity contribution in [3.63, 3.8) is 0 Å². The molecule has 6 nitrogen and oxygen atoms in total. The molecular weight excluding hydrogens is 405 g/mol. The zero-order chi connectivity index (χ0) is 22.1. The van der Waals surface area contributed by atoms with Crippen molar-refractivity contribution in [2.24, 2.45) is 5.92 Å². The molecule has 4 aromatic rings. The van der Waals surface area contributed by atoms with Crippen LogP contribution in [-0.2, 0) is 0 Å². The summed E-state index contributed by atoms with van der Waals surface area (Å²) in [5.74, 6) is 2.05. The van der Waals surface area contributed by atoms with Crippen LogP contribution in [0, 0.1) is 5.92 Å². The molecule has 1 saturated heterocycles. The summed E-state index contributed by atoms with van der Waals surface area (Å²) in [5.41, 5.74) is 3.57. The summed E-state index contributed by atoms with van der Waals surface area (Å²) in [6, 6.07) is 14.3. The molecule has 5 rings (SSSR count). The molecule has 0 amide bonds. The summed E-state index contributed by atoms with van der Waals surface area (Å²) in [4.78, 5) is 7.33. The average molecular weight is 434 g/mol. The lowest BCUT2D eigenvalue weighted by atomic mass is 10.0. The Bertz CT molecular complexity index is 1240. The van der Waals surface area contributed by atoms with Crippen LogP contribution in [0.25, 0.3) is 28.1 Å². The Hall–Kier alpha value is -3.06. The van der Waals surface area contributed by atoms with E-state index in [2.05, 4.69) is 34.3 Å². The van der Waals surface area contributed by atoms with Crippen LogP contribution in [0.15, 0.2) is 48.7 Å². The molecule has 1 aromatic carbocycles. The predicted molar refractivity (Wildman–Crippen MR) is 124 cm³/mol. The third-order valence-corrected chi connectivity index (χ3v) is 6.65. The van der Waals surface area contributed by atoms with Gasteiger partial charge in [-0.15, -0.1) is 10.2 Å². The molecule has 1 fully saturated rings. The zero-order valence-electron chi connectivity index (χ0n) is 18.5. The van der Waals surface area contributed by atoms with Gasteiger partial charge in [-0.3, -0.25) is 13.7 Å². The van der Waals surface area contributed by atoms with Crippen LogP contribution in [0.2, 0.25) is 0 Å². The Morgan fingerprint density at radius 2 is 2.06 bits per heavy atom. The second kappa shape index (κ2) is 8.82. The number of nitrogens with zero attached hydrogens (tertiary/aromatic N) is 5. The number of halogens is 1. The molecule has 4 heterocycles. The SMILES string of the molecule is COc1cccc2ccc(-c3nnc4ccc([C@H](C)N5CC[C@H](CCCF)C5)cn34)nc12. The van der Waals surface area contributed by atoms with E-state index in [-0.39, 0.29) is 12.7 Å². The Labute approximate surface area is 187 Å². The number of para-hydroxylation sites is 1. The third-order valence-electron chi connectivity index (χ3n) is 6.65. The number of benzene rings is 1. The molecule has 3 aromatic heterocycles. The number of hydrogen-bond acceptors (Lipinski definition) is 5. The Balaban J connectivity index is 1.46. The molecule has 0 radical (unpaired) electrons. The van der Waals surface area contributed by atoms with Gasteiger partial charge in [0, 0.05) is 24.2 Å². The number of pyridine rings is 2. The normalized spacial score (nSPS) is 17.9. The van der Waals surface area contributed by atoms with E-state index in [0.717, 1.165) is 53.9 Å². The fourth-order valence-electron chi connectivity index (χ4n) is 4.76. The fourth-order valence-corrected chi connectivity index (χ4v) is 4.76. The van der Waals surface area contributed by atoms with Crippen LogP contribution in [-0.4, -0.2) is 51.4 Å². The third kappa shape index (κ3) is 3.81. The van der Waals surface area contributed by atoms with Crippen LogP contribution in [0.1, 0.15) is 37.8 Å². The van der Waals surface area contributed by atoms with E-state index in [0.29, 0.717) is 18.2 Å². The van der Waals surface area contributed by atoms with Crippen LogP contribution >= 0.6 is 0 Å². The van der Waals surface area contributed by atoms with Gasteiger partial charge in [-0.05, 0) is 62.4 Å². The maximum absolute atomic E-state index is 12.6. The number of ether oxygens (including phenoxy) is 1. The van der Waals surface area contributed by atoms with E-state index in [1.807, 2.05) is 40.8 Å². The zero-order valence-corrected chi connectivity index (χ0v) is 18.5. The number of methoxy groups -OCH3 is 1. The summed E-state index contributed by atoms with van der Waals surface area (Å²) in [6.45, 7) is 4.10. The standard InChI is InChI=1S/C25H28FN5O/c1-17(30-14-12-18(15-30)5-4-13-26)20-9-11-23-28-29-25(31(23)16-20)21-10-8-19-6-3-7-22(32-2)24(19)27-21/h3,6-11,16-18H,4-5,12-15H2,1-2H3/t17-,18-/m0/s1. The van der Waals surface area contributed by atoms with Crippen LogP contribution in [0.5, 0.6) is 5.75 Å². The first-order chi connectivity index (χ1) is 15.7. The molecule has 0 aliphatic carbocycles. The van der Waals surface area contributed by atoms with Gasteiger partial charge in [-0.25, -0.2) is 4.98 Å². The van der Waals surface area contributed by atoms with Crippen molar-refractivity contribution < 1.29 is 9.13 Å². The first kappa shape index (κ1) is 20.8. The quantitative estimate of drug-likeness (QED) is 0.407. The van der Waals surface area contributed by atoms with Gasteiger partial charge < -0.3 is 4.74 Å². The number of aromatic nitrogens is 4. The minimum absolute atomic E-state index is 0.214. The molecule has 0 spiro atoms. The molecule has 166 valence electrons. The first-order valence-electron chi connectivity index (χ1n) is 11.3. The van der Waals surface area contributed by atoms with E-state index in [1.165, 1.54) is 5.56 Å². The molecule has 2 atom stereocenters. The predicted octanol–water partition coefficient (Wildman–Crippen LogP) is 5.09. The maximum atomic E-state index is 12.6. The molecule has 0 bridgehead atoms. The Morgan fingerprint density at radius 1 is 1.16 bits per heavy atom. The van der Waals surface area contributed by atoms with Crippen LogP contribution in [0.3, 0.4) is 0 Å². The molecule has 0 saturated carbocycles. The maximum Gasteiger partial charge on any atom is 0.187 e. The van der Waals surface area contributed by atoms with E-state index >= 15 is 0 Å². The van der Waals surface area contributed by atoms with Crippen molar-refractivity contribution in [1.82, 2.24) is 24.5 Å². The highest BCUT2D eigenvalue weighted by Crippen LogP contribution is 2.31. The molecule has 1 aliphatic heterocycles. The van der Waals surface area contributed by atoms with Crippen molar-refractivity contribution in [2.75, 3.05) is 26.9 Å². The molecule has 7 heteroatoms. The van der Waals surface area contributed by atoms with Crippen molar-refractivity contribution in [1.29, 1.82) is 0 Å². The van der Waals surface area contributed by atoms with Gasteiger partial charge >= 0.3 is 0 Å². The van der Waals surface area contributed by atoms with E-state index < -0.39 is 0 Å². The fraction of sp³-hybridized carbons (Fsp3) is 0.400. The van der Waals surface area contributed by atoms with Gasteiger partial charge in [0.15, 0.2) is 11.5 Å². The topological polar surface area (TPSA) is 55.6 Å². The van der Waals surface area contributed by atoms with Crippen molar-refractivity contribution in [3.05, 3.63) is 54.2 Å². The minimum atomic E-state index is -0.214. The van der Waals surface area contributed by atoms with Crippen LogP contribution < -0.4 is 4.74 Å². The van der Waals surface area contributed by atoms with Crippen molar-refractivity contribution >= 4 is 16.6 Å². The molecule has 0 unspecified atom stereocenters. The van der Waals surface area contributed by atoms with Crippen LogP contribution in [0.4, 0.5) is 4.39 Å². The second-order valence-electron chi connectivity index (χ2n) is 8.60. The Kier molecular flexibility index (Phi) is 5.74. The monoisotopic (exact) mass is 433 g/mol. The van der Waals surface area contributed by atoms with E-state index in [1.54, 1.807) is 7.11 Å². The number of rotatable bonds is 7. The van der Waals surface area contributed by atoms with Gasteiger partial charge in [-0.2, -0.15) is 0 Å². The number of fused-ring (bicyclic) bond motifs is 2. The van der Waals surface area contributed by atoms with E-state index in [4.69, 9.17) is 9.72 Å². The lowest BCUT2D eigenvalue weighted by molar-refractivity contribution is 0.248. The smallest absolute Gasteiger partial charge is 0.187 e. The van der Waals surface area contributed by atoms with Gasteiger partial charge in [0.05, 0.1) is 13.8 Å². The molecule has 1 aliphatic rings. The highest BCUT2D eigenvalue weighted by Gasteiger charge is 2.27. The first-order valence-corrected chi connectivity index (χ1v) is 11.3. The van der Waals surface area contributed by atoms with Crippen molar-refractivity contribution in [2.45, 2.75) is 32.2 Å². The summed E-state index contributed by atoms with van der Waals surface area (Å²) >= 11 is 0. The van der Waals surface area contributed by atoms with Gasteiger partial charge in [0.2, 0.25) is 0 Å². The lowest BCUT2D eigenvalue weighted by Crippen LogP contribution is -2.24. The number of likely N-dealkylation sites (tertiary alicyclic amines) is 1. The summed E-state index contributed by atoms with van der Waals surface area (Å²) in [5, 5.41) is 9.81. The molecular formula is C25H28FN5O. The van der Waals surface area contributed by atoms with E-state index in [9.17, 15) is 4.39 Å². The molecule has 0 N–H and O–H groups in total. The summed E-state index contributed by atoms with van der Waals surface area (Å²) in [6.07, 6.45) is 4.92. The van der Waals surface area contributed by atoms with Gasteiger partial charge in [0.25, 0.3) is 0 Å². The minimum Gasteiger partial charge on any atom is -0.494 e. The largest absolute Gasteiger partial charge is 0.494 e. The second-order valence-corrected chi connectivity index (χ2v) is 8.60. The highest BCUT2D eigenvalue weighted by molar-refractivity contribution is 5.86. The summed E-state index contributed by atoms with van der Waals surface area (Å²) < 4.78 is 20.1. The molecule has 32 heavy (non-hydrogen) atoms. The van der Waals surface area contributed by atoms with Crippen molar-refractivity contribution in [3.8, 4) is 17.3 Å². The Morgan fingerprint density at radius 3 is 2.91 bits per heavy atom. The average Bonchev–Trinajstić information content (AvgIpc) is 3.48.